The number of anilines is 1. The Balaban J connectivity index is 1.19. The van der Waals surface area contributed by atoms with Crippen LogP contribution in [0.3, 0.4) is 0 Å². The van der Waals surface area contributed by atoms with Crippen molar-refractivity contribution in [3.05, 3.63) is 29.1 Å². The Morgan fingerprint density at radius 2 is 2.03 bits per heavy atom. The van der Waals surface area contributed by atoms with Crippen molar-refractivity contribution in [1.29, 1.82) is 0 Å². The van der Waals surface area contributed by atoms with Crippen LogP contribution in [0.4, 0.5) is 10.1 Å². The highest BCUT2D eigenvalue weighted by Crippen LogP contribution is 2.32. The van der Waals surface area contributed by atoms with Gasteiger partial charge in [-0.2, -0.15) is 0 Å². The number of nitrogens with one attached hydrogen (secondary N) is 2. The molecule has 0 bridgehead atoms. The zero-order valence-corrected chi connectivity index (χ0v) is 19.3. The van der Waals surface area contributed by atoms with Crippen LogP contribution in [0.1, 0.15) is 36.8 Å². The molecule has 3 amide bonds. The summed E-state index contributed by atoms with van der Waals surface area (Å²) in [6.45, 7) is 3.96. The predicted molar refractivity (Wildman–Crippen MR) is 121 cm³/mol. The summed E-state index contributed by atoms with van der Waals surface area (Å²) in [4.78, 5) is 43.5. The van der Waals surface area contributed by atoms with E-state index in [1.165, 1.54) is 11.0 Å². The maximum Gasteiger partial charge on any atom is 0.246 e. The van der Waals surface area contributed by atoms with Crippen molar-refractivity contribution in [3.8, 4) is 0 Å². The first-order valence-corrected chi connectivity index (χ1v) is 11.9. The second-order valence-electron chi connectivity index (χ2n) is 9.94. The van der Waals surface area contributed by atoms with Crippen molar-refractivity contribution in [3.63, 3.8) is 0 Å². The van der Waals surface area contributed by atoms with E-state index in [1.807, 2.05) is 6.92 Å². The highest BCUT2D eigenvalue weighted by Gasteiger charge is 2.43. The van der Waals surface area contributed by atoms with Gasteiger partial charge in [0.2, 0.25) is 17.7 Å². The van der Waals surface area contributed by atoms with Gasteiger partial charge in [0.25, 0.3) is 0 Å². The zero-order chi connectivity index (χ0) is 23.3. The Labute approximate surface area is 193 Å². The number of fused-ring (bicyclic) bond motifs is 2. The number of likely N-dealkylation sites (N-methyl/N-ethyl adjacent to an activating group) is 1. The lowest BCUT2D eigenvalue weighted by atomic mass is 9.88. The third kappa shape index (κ3) is 4.07. The summed E-state index contributed by atoms with van der Waals surface area (Å²) < 4.78 is 14.2. The highest BCUT2D eigenvalue weighted by atomic mass is 19.1. The van der Waals surface area contributed by atoms with Gasteiger partial charge in [-0.15, -0.1) is 0 Å². The van der Waals surface area contributed by atoms with Gasteiger partial charge in [-0.05, 0) is 44.2 Å². The van der Waals surface area contributed by atoms with E-state index in [-0.39, 0.29) is 42.2 Å². The molecule has 4 atom stereocenters. The second kappa shape index (κ2) is 8.59. The smallest absolute Gasteiger partial charge is 0.246 e. The minimum Gasteiger partial charge on any atom is -0.373 e. The maximum atomic E-state index is 14.2. The minimum atomic E-state index is -0.457. The Morgan fingerprint density at radius 3 is 2.82 bits per heavy atom. The summed E-state index contributed by atoms with van der Waals surface area (Å²) in [7, 11) is 1.69. The molecule has 1 aromatic carbocycles. The summed E-state index contributed by atoms with van der Waals surface area (Å²) in [6.07, 6.45) is 4.12. The Bertz CT molecular complexity index is 954. The zero-order valence-electron chi connectivity index (χ0n) is 19.3. The third-order valence-electron chi connectivity index (χ3n) is 7.78. The van der Waals surface area contributed by atoms with Crippen molar-refractivity contribution < 1.29 is 18.8 Å². The molecule has 8 nitrogen and oxygen atoms in total. The molecule has 1 aliphatic carbocycles. The molecule has 3 fully saturated rings. The molecule has 0 radical (unpaired) electrons. The lowest BCUT2D eigenvalue weighted by Crippen LogP contribution is -2.67. The van der Waals surface area contributed by atoms with Gasteiger partial charge in [0.05, 0.1) is 6.54 Å². The summed E-state index contributed by atoms with van der Waals surface area (Å²) in [5, 5.41) is 6.40. The van der Waals surface area contributed by atoms with E-state index in [4.69, 9.17) is 0 Å². The van der Waals surface area contributed by atoms with Gasteiger partial charge in [-0.1, -0.05) is 6.07 Å². The van der Waals surface area contributed by atoms with E-state index in [0.717, 1.165) is 43.5 Å². The fourth-order valence-corrected chi connectivity index (χ4v) is 5.93. The second-order valence-corrected chi connectivity index (χ2v) is 9.94. The lowest BCUT2D eigenvalue weighted by molar-refractivity contribution is -0.159. The number of halogens is 1. The quantitative estimate of drug-likeness (QED) is 0.704. The number of nitrogens with zero attached hydrogens (tertiary/aromatic N) is 3. The standard InChI is InChI=1S/C24H32FN5O3/c1-14-6-7-18(25)17-11-19(27-22(14)17)23(32)26-15-4-3-5-16(10-15)29-8-9-30-20(12-29)24(33)28(2)13-21(30)31/h6-7,15-16,19-20,27H,3-5,8-13H2,1-2H3,(H,26,32)/t15-,16-,19?,20-/m1/s1. The van der Waals surface area contributed by atoms with Gasteiger partial charge in [0, 0.05) is 56.4 Å². The van der Waals surface area contributed by atoms with Gasteiger partial charge < -0.3 is 20.4 Å². The van der Waals surface area contributed by atoms with Gasteiger partial charge >= 0.3 is 0 Å². The number of hydrogen-bond donors (Lipinski definition) is 2. The molecule has 3 aliphatic heterocycles. The number of carbonyl (C=O) groups excluding carboxylic acids is 3. The SMILES string of the molecule is Cc1ccc(F)c2c1NC(C(=O)N[C@@H]1CCC[C@@H](N3CCN4C(=O)CN(C)C(=O)[C@H]4C3)C1)C2. The summed E-state index contributed by atoms with van der Waals surface area (Å²) in [6, 6.07) is 2.66. The highest BCUT2D eigenvalue weighted by molar-refractivity contribution is 5.95. The topological polar surface area (TPSA) is 85.0 Å². The Kier molecular flexibility index (Phi) is 5.76. The summed E-state index contributed by atoms with van der Waals surface area (Å²) >= 11 is 0. The third-order valence-corrected chi connectivity index (χ3v) is 7.78. The molecule has 0 spiro atoms. The normalized spacial score (nSPS) is 30.0. The molecule has 4 aliphatic rings. The number of benzene rings is 1. The van der Waals surface area contributed by atoms with Gasteiger partial charge in [-0.3, -0.25) is 19.3 Å². The van der Waals surface area contributed by atoms with Crippen LogP contribution in [0.15, 0.2) is 12.1 Å². The average Bonchev–Trinajstić information content (AvgIpc) is 3.27. The minimum absolute atomic E-state index is 0.00867. The predicted octanol–water partition coefficient (Wildman–Crippen LogP) is 0.883. The average molecular weight is 458 g/mol. The van der Waals surface area contributed by atoms with Crippen molar-refractivity contribution >= 4 is 23.4 Å². The monoisotopic (exact) mass is 457 g/mol. The van der Waals surface area contributed by atoms with Crippen LogP contribution in [-0.4, -0.2) is 89.8 Å². The van der Waals surface area contributed by atoms with Crippen LogP contribution in [0.2, 0.25) is 0 Å². The summed E-state index contributed by atoms with van der Waals surface area (Å²) in [5.41, 5.74) is 2.28. The largest absolute Gasteiger partial charge is 0.373 e. The van der Waals surface area contributed by atoms with E-state index >= 15 is 0 Å². The molecular weight excluding hydrogens is 425 g/mol. The molecule has 1 aromatic rings. The van der Waals surface area contributed by atoms with E-state index in [1.54, 1.807) is 18.0 Å². The molecule has 3 heterocycles. The molecule has 5 rings (SSSR count). The molecule has 1 unspecified atom stereocenters. The number of amides is 3. The molecule has 9 heteroatoms. The van der Waals surface area contributed by atoms with E-state index < -0.39 is 12.1 Å². The number of aryl methyl sites for hydroxylation is 1. The van der Waals surface area contributed by atoms with Crippen LogP contribution in [0, 0.1) is 12.7 Å². The summed E-state index contributed by atoms with van der Waals surface area (Å²) in [5.74, 6) is -0.326. The fraction of sp³-hybridized carbons (Fsp3) is 0.625. The van der Waals surface area contributed by atoms with E-state index in [9.17, 15) is 18.8 Å². The molecule has 33 heavy (non-hydrogen) atoms. The lowest BCUT2D eigenvalue weighted by Gasteiger charge is -2.48. The van der Waals surface area contributed by atoms with Crippen molar-refractivity contribution in [2.75, 3.05) is 38.5 Å². The first kappa shape index (κ1) is 22.1. The number of hydrogen-bond acceptors (Lipinski definition) is 5. The first-order chi connectivity index (χ1) is 15.8. The van der Waals surface area contributed by atoms with Crippen molar-refractivity contribution in [1.82, 2.24) is 20.0 Å². The Morgan fingerprint density at radius 1 is 1.21 bits per heavy atom. The molecule has 0 aromatic heterocycles. The van der Waals surface area contributed by atoms with Gasteiger partial charge in [0.15, 0.2) is 0 Å². The first-order valence-electron chi connectivity index (χ1n) is 11.9. The van der Waals surface area contributed by atoms with Crippen LogP contribution in [0.5, 0.6) is 0 Å². The number of rotatable bonds is 3. The van der Waals surface area contributed by atoms with E-state index in [2.05, 4.69) is 15.5 Å². The molecule has 2 N–H and O–H groups in total. The van der Waals surface area contributed by atoms with Crippen LogP contribution in [-0.2, 0) is 20.8 Å². The van der Waals surface area contributed by atoms with Gasteiger partial charge in [0.1, 0.15) is 17.9 Å². The number of piperazine rings is 2. The van der Waals surface area contributed by atoms with Crippen LogP contribution < -0.4 is 10.6 Å². The maximum absolute atomic E-state index is 14.2. The van der Waals surface area contributed by atoms with Crippen LogP contribution in [0.25, 0.3) is 0 Å². The Hall–Kier alpha value is -2.68. The van der Waals surface area contributed by atoms with Crippen molar-refractivity contribution in [2.24, 2.45) is 0 Å². The van der Waals surface area contributed by atoms with Gasteiger partial charge in [-0.25, -0.2) is 4.39 Å². The van der Waals surface area contributed by atoms with Crippen LogP contribution >= 0.6 is 0 Å². The molecule has 1 saturated carbocycles. The number of carbonyl (C=O) groups is 3. The molecule has 2 saturated heterocycles. The van der Waals surface area contributed by atoms with Crippen molar-refractivity contribution in [2.45, 2.75) is 63.2 Å². The fourth-order valence-electron chi connectivity index (χ4n) is 5.93. The molecule has 178 valence electrons. The van der Waals surface area contributed by atoms with E-state index in [0.29, 0.717) is 25.1 Å². The molecular formula is C24H32FN5O3.